The van der Waals surface area contributed by atoms with E-state index in [4.69, 9.17) is 14.9 Å². The molecule has 0 amide bonds. The summed E-state index contributed by atoms with van der Waals surface area (Å²) in [5.41, 5.74) is -0.332. The van der Waals surface area contributed by atoms with Crippen LogP contribution in [0.1, 0.15) is 39.7 Å². The van der Waals surface area contributed by atoms with Crippen LogP contribution in [-0.4, -0.2) is 23.4 Å². The number of ether oxygens (including phenoxy) is 2. The van der Waals surface area contributed by atoms with Crippen LogP contribution in [0.25, 0.3) is 0 Å². The molecule has 0 aliphatic heterocycles. The second kappa shape index (κ2) is 6.57. The molecule has 1 rings (SSSR count). The second-order valence-corrected chi connectivity index (χ2v) is 6.14. The third-order valence-corrected chi connectivity index (χ3v) is 2.84. The van der Waals surface area contributed by atoms with Crippen molar-refractivity contribution in [2.45, 2.75) is 45.3 Å². The predicted octanol–water partition coefficient (Wildman–Crippen LogP) is 3.74. The van der Waals surface area contributed by atoms with Crippen LogP contribution in [0.5, 0.6) is 5.75 Å². The molecule has 1 aromatic rings. The maximum absolute atomic E-state index is 11.3. The Morgan fingerprint density at radius 2 is 1.76 bits per heavy atom. The number of hydrogen-bond donors (Lipinski definition) is 1. The lowest BCUT2D eigenvalue weighted by molar-refractivity contribution is -0.154. The first-order valence-electron chi connectivity index (χ1n) is 6.82. The summed E-state index contributed by atoms with van der Waals surface area (Å²) >= 11 is 0. The molecule has 0 bridgehead atoms. The van der Waals surface area contributed by atoms with Crippen LogP contribution < -0.4 is 4.74 Å². The summed E-state index contributed by atoms with van der Waals surface area (Å²) in [5.74, 6) is 0.280. The SMILES string of the molecule is C=CC(=O)OC(C)(C)CC(C)(C)Oc1ccc(C=N)cc1. The zero-order chi connectivity index (χ0) is 16.1. The average Bonchev–Trinajstić information content (AvgIpc) is 2.36. The normalized spacial score (nSPS) is 11.6. The van der Waals surface area contributed by atoms with E-state index in [0.29, 0.717) is 6.42 Å². The van der Waals surface area contributed by atoms with E-state index < -0.39 is 17.2 Å². The van der Waals surface area contributed by atoms with E-state index >= 15 is 0 Å². The van der Waals surface area contributed by atoms with E-state index in [2.05, 4.69) is 6.58 Å². The van der Waals surface area contributed by atoms with Crippen molar-refractivity contribution in [3.05, 3.63) is 42.5 Å². The third kappa shape index (κ3) is 5.81. The van der Waals surface area contributed by atoms with Crippen molar-refractivity contribution in [3.63, 3.8) is 0 Å². The van der Waals surface area contributed by atoms with Gasteiger partial charge in [-0.1, -0.05) is 6.58 Å². The van der Waals surface area contributed by atoms with Gasteiger partial charge in [0, 0.05) is 18.7 Å². The van der Waals surface area contributed by atoms with Crippen LogP contribution in [0, 0.1) is 5.41 Å². The Balaban J connectivity index is 2.73. The fourth-order valence-corrected chi connectivity index (χ4v) is 2.36. The van der Waals surface area contributed by atoms with Gasteiger partial charge < -0.3 is 14.9 Å². The Labute approximate surface area is 126 Å². The fourth-order valence-electron chi connectivity index (χ4n) is 2.36. The van der Waals surface area contributed by atoms with Crippen LogP contribution >= 0.6 is 0 Å². The number of benzene rings is 1. The molecule has 4 heteroatoms. The Hall–Kier alpha value is -2.10. The largest absolute Gasteiger partial charge is 0.488 e. The van der Waals surface area contributed by atoms with Gasteiger partial charge in [0.25, 0.3) is 0 Å². The standard InChI is InChI=1S/C17H23NO3/c1-6-15(19)21-17(4,5)12-16(2,3)20-14-9-7-13(11-18)8-10-14/h6-11,18H,1,12H2,2-5H3. The highest BCUT2D eigenvalue weighted by atomic mass is 16.6. The Bertz CT molecular complexity index is 515. The predicted molar refractivity (Wildman–Crippen MR) is 84.0 cm³/mol. The lowest BCUT2D eigenvalue weighted by atomic mass is 9.92. The maximum atomic E-state index is 11.3. The quantitative estimate of drug-likeness (QED) is 0.472. The maximum Gasteiger partial charge on any atom is 0.330 e. The molecule has 0 fully saturated rings. The lowest BCUT2D eigenvalue weighted by Gasteiger charge is -2.34. The minimum Gasteiger partial charge on any atom is -0.488 e. The van der Waals surface area contributed by atoms with Crippen molar-refractivity contribution in [3.8, 4) is 5.75 Å². The molecular formula is C17H23NO3. The molecule has 0 spiro atoms. The highest BCUT2D eigenvalue weighted by molar-refractivity contribution is 5.81. The first-order chi connectivity index (χ1) is 9.67. The van der Waals surface area contributed by atoms with E-state index in [1.165, 1.54) is 6.21 Å². The van der Waals surface area contributed by atoms with Crippen molar-refractivity contribution >= 4 is 12.2 Å². The molecule has 1 N–H and O–H groups in total. The molecule has 114 valence electrons. The number of carbonyl (C=O) groups is 1. The van der Waals surface area contributed by atoms with Gasteiger partial charge in [-0.2, -0.15) is 0 Å². The molecule has 1 aromatic carbocycles. The van der Waals surface area contributed by atoms with Gasteiger partial charge in [-0.05, 0) is 57.5 Å². The van der Waals surface area contributed by atoms with Crippen LogP contribution in [0.2, 0.25) is 0 Å². The van der Waals surface area contributed by atoms with Crippen molar-refractivity contribution in [2.75, 3.05) is 0 Å². The van der Waals surface area contributed by atoms with Crippen molar-refractivity contribution in [1.29, 1.82) is 5.41 Å². The van der Waals surface area contributed by atoms with Crippen LogP contribution in [0.3, 0.4) is 0 Å². The van der Waals surface area contributed by atoms with E-state index in [-0.39, 0.29) is 0 Å². The van der Waals surface area contributed by atoms with Crippen molar-refractivity contribution in [2.24, 2.45) is 0 Å². The summed E-state index contributed by atoms with van der Waals surface area (Å²) in [4.78, 5) is 11.3. The molecule has 0 saturated carbocycles. The van der Waals surface area contributed by atoms with Crippen LogP contribution in [0.4, 0.5) is 0 Å². The molecular weight excluding hydrogens is 266 g/mol. The number of rotatable bonds is 7. The number of carbonyl (C=O) groups excluding carboxylic acids is 1. The molecule has 0 saturated heterocycles. The van der Waals surface area contributed by atoms with Gasteiger partial charge in [-0.15, -0.1) is 0 Å². The topological polar surface area (TPSA) is 59.4 Å². The van der Waals surface area contributed by atoms with Crippen LogP contribution in [0.15, 0.2) is 36.9 Å². The molecule has 21 heavy (non-hydrogen) atoms. The monoisotopic (exact) mass is 289 g/mol. The second-order valence-electron chi connectivity index (χ2n) is 6.14. The van der Waals surface area contributed by atoms with E-state index in [1.54, 1.807) is 0 Å². The van der Waals surface area contributed by atoms with E-state index in [9.17, 15) is 4.79 Å². The Morgan fingerprint density at radius 1 is 1.19 bits per heavy atom. The van der Waals surface area contributed by atoms with Gasteiger partial charge in [0.1, 0.15) is 17.0 Å². The van der Waals surface area contributed by atoms with E-state index in [1.807, 2.05) is 52.0 Å². The number of hydrogen-bond acceptors (Lipinski definition) is 4. The van der Waals surface area contributed by atoms with Gasteiger partial charge in [0.15, 0.2) is 0 Å². The highest BCUT2D eigenvalue weighted by Crippen LogP contribution is 2.28. The summed E-state index contributed by atoms with van der Waals surface area (Å²) < 4.78 is 11.3. The summed E-state index contributed by atoms with van der Waals surface area (Å²) in [5, 5.41) is 7.17. The Morgan fingerprint density at radius 3 is 2.24 bits per heavy atom. The number of esters is 1. The molecule has 0 unspecified atom stereocenters. The molecule has 0 aromatic heterocycles. The minimum atomic E-state index is -0.649. The van der Waals surface area contributed by atoms with Gasteiger partial charge >= 0.3 is 5.97 Å². The molecule has 0 heterocycles. The van der Waals surface area contributed by atoms with Crippen molar-refractivity contribution in [1.82, 2.24) is 0 Å². The lowest BCUT2D eigenvalue weighted by Crippen LogP contribution is -2.40. The van der Waals surface area contributed by atoms with Gasteiger partial charge in [0.2, 0.25) is 0 Å². The van der Waals surface area contributed by atoms with Gasteiger partial charge in [-0.3, -0.25) is 0 Å². The zero-order valence-corrected chi connectivity index (χ0v) is 13.1. The van der Waals surface area contributed by atoms with Gasteiger partial charge in [-0.25, -0.2) is 4.79 Å². The molecule has 0 aliphatic carbocycles. The Kier molecular flexibility index (Phi) is 5.30. The molecule has 0 radical (unpaired) electrons. The molecule has 0 atom stereocenters. The first-order valence-corrected chi connectivity index (χ1v) is 6.82. The molecule has 4 nitrogen and oxygen atoms in total. The average molecular weight is 289 g/mol. The fraction of sp³-hybridized carbons (Fsp3) is 0.412. The summed E-state index contributed by atoms with van der Waals surface area (Å²) in [6.07, 6.45) is 2.98. The third-order valence-electron chi connectivity index (χ3n) is 2.84. The zero-order valence-electron chi connectivity index (χ0n) is 13.1. The number of nitrogens with one attached hydrogen (secondary N) is 1. The van der Waals surface area contributed by atoms with Gasteiger partial charge in [0.05, 0.1) is 0 Å². The minimum absolute atomic E-state index is 0.439. The summed E-state index contributed by atoms with van der Waals surface area (Å²) in [6, 6.07) is 7.29. The first kappa shape index (κ1) is 17.0. The van der Waals surface area contributed by atoms with Crippen LogP contribution in [-0.2, 0) is 9.53 Å². The summed E-state index contributed by atoms with van der Waals surface area (Å²) in [6.45, 7) is 11.0. The smallest absolute Gasteiger partial charge is 0.330 e. The highest BCUT2D eigenvalue weighted by Gasteiger charge is 2.33. The molecule has 0 aliphatic rings. The van der Waals surface area contributed by atoms with E-state index in [0.717, 1.165) is 17.4 Å². The summed E-state index contributed by atoms with van der Waals surface area (Å²) in [7, 11) is 0. The van der Waals surface area contributed by atoms with Crippen molar-refractivity contribution < 1.29 is 14.3 Å².